The van der Waals surface area contributed by atoms with E-state index in [1.54, 1.807) is 20.4 Å². The molecule has 0 amide bonds. The monoisotopic (exact) mass is 328 g/mol. The molecule has 4 N–H and O–H groups in total. The minimum atomic E-state index is -0.162. The van der Waals surface area contributed by atoms with Crippen LogP contribution in [0.15, 0.2) is 29.3 Å². The average molecular weight is 328 g/mol. The highest BCUT2D eigenvalue weighted by atomic mass is 16.5. The number of methoxy groups -OCH3 is 1. The summed E-state index contributed by atoms with van der Waals surface area (Å²) in [6, 6.07) is 7.38. The number of hydrogen-bond acceptors (Lipinski definition) is 7. The summed E-state index contributed by atoms with van der Waals surface area (Å²) in [5.41, 5.74) is 14.1. The molecule has 3 rings (SSSR count). The molecule has 0 fully saturated rings. The second-order valence-electron chi connectivity index (χ2n) is 5.43. The van der Waals surface area contributed by atoms with E-state index in [-0.39, 0.29) is 6.10 Å². The van der Waals surface area contributed by atoms with Crippen molar-refractivity contribution in [1.82, 2.24) is 4.98 Å². The Morgan fingerprint density at radius 2 is 2.00 bits per heavy atom. The quantitative estimate of drug-likeness (QED) is 0.809. The molecular weight excluding hydrogens is 308 g/mol. The first-order chi connectivity index (χ1) is 11.6. The summed E-state index contributed by atoms with van der Waals surface area (Å²) in [6.45, 7) is 0.388. The predicted octanol–water partition coefficient (Wildman–Crippen LogP) is 1.69. The smallest absolute Gasteiger partial charge is 0.221 e. The van der Waals surface area contributed by atoms with Gasteiger partial charge in [-0.3, -0.25) is 4.99 Å². The molecule has 1 unspecified atom stereocenters. The van der Waals surface area contributed by atoms with E-state index in [1.165, 1.54) is 0 Å². The molecule has 1 aliphatic rings. The van der Waals surface area contributed by atoms with Crippen molar-refractivity contribution >= 4 is 17.7 Å². The molecule has 7 heteroatoms. The van der Waals surface area contributed by atoms with Gasteiger partial charge in [0.05, 0.1) is 18.4 Å². The van der Waals surface area contributed by atoms with E-state index in [0.29, 0.717) is 36.0 Å². The third-order valence-corrected chi connectivity index (χ3v) is 3.84. The second-order valence-corrected chi connectivity index (χ2v) is 5.43. The lowest BCUT2D eigenvalue weighted by molar-refractivity contribution is 0.145. The third-order valence-electron chi connectivity index (χ3n) is 3.84. The van der Waals surface area contributed by atoms with E-state index in [9.17, 15) is 0 Å². The predicted molar refractivity (Wildman–Crippen MR) is 93.2 cm³/mol. The number of pyridine rings is 1. The first kappa shape index (κ1) is 15.9. The lowest BCUT2D eigenvalue weighted by Gasteiger charge is -2.12. The number of benzene rings is 1. The molecule has 0 spiro atoms. The Morgan fingerprint density at radius 1 is 1.29 bits per heavy atom. The van der Waals surface area contributed by atoms with Crippen LogP contribution >= 0.6 is 0 Å². The Hall–Kier alpha value is -2.96. The van der Waals surface area contributed by atoms with Crippen molar-refractivity contribution in [3.63, 3.8) is 0 Å². The van der Waals surface area contributed by atoms with Crippen LogP contribution in [0, 0.1) is 0 Å². The molecule has 0 saturated carbocycles. The average Bonchev–Trinajstić information content (AvgIpc) is 3.00. The van der Waals surface area contributed by atoms with Crippen LogP contribution in [0.2, 0.25) is 0 Å². The van der Waals surface area contributed by atoms with E-state index >= 15 is 0 Å². The molecule has 2 aromatic rings. The molecule has 2 heterocycles. The highest BCUT2D eigenvalue weighted by Crippen LogP contribution is 2.35. The van der Waals surface area contributed by atoms with E-state index < -0.39 is 0 Å². The van der Waals surface area contributed by atoms with Crippen molar-refractivity contribution < 1.29 is 14.2 Å². The standard InChI is InChI=1S/C17H20N4O3/c1-20-8-14-15(18)13-7-12(24-17(13)21-16(14)19)9-23-11-5-3-10(22-2)4-6-11/h3-6,8,12H,7,9H2,1-2H3,(H4,18,19,21). The van der Waals surface area contributed by atoms with Gasteiger partial charge in [0, 0.05) is 25.2 Å². The van der Waals surface area contributed by atoms with Crippen molar-refractivity contribution in [3.05, 3.63) is 35.4 Å². The van der Waals surface area contributed by atoms with Crippen LogP contribution < -0.4 is 25.7 Å². The Kier molecular flexibility index (Phi) is 4.41. The maximum Gasteiger partial charge on any atom is 0.221 e. The highest BCUT2D eigenvalue weighted by molar-refractivity contribution is 5.94. The fourth-order valence-electron chi connectivity index (χ4n) is 2.59. The third kappa shape index (κ3) is 3.05. The first-order valence-electron chi connectivity index (χ1n) is 7.56. The van der Waals surface area contributed by atoms with Gasteiger partial charge in [-0.05, 0) is 24.3 Å². The lowest BCUT2D eigenvalue weighted by Crippen LogP contribution is -2.22. The van der Waals surface area contributed by atoms with Gasteiger partial charge in [-0.15, -0.1) is 0 Å². The molecular formula is C17H20N4O3. The van der Waals surface area contributed by atoms with Crippen molar-refractivity contribution in [2.24, 2.45) is 4.99 Å². The number of ether oxygens (including phenoxy) is 3. The van der Waals surface area contributed by atoms with Gasteiger partial charge in [0.15, 0.2) is 0 Å². The molecule has 1 aromatic carbocycles. The van der Waals surface area contributed by atoms with E-state index in [4.69, 9.17) is 25.7 Å². The summed E-state index contributed by atoms with van der Waals surface area (Å²) in [6.07, 6.45) is 2.07. The Balaban J connectivity index is 1.68. The zero-order chi connectivity index (χ0) is 17.1. The minimum Gasteiger partial charge on any atom is -0.497 e. The number of nitrogen functional groups attached to an aromatic ring is 2. The Labute approximate surface area is 140 Å². The van der Waals surface area contributed by atoms with Gasteiger partial charge in [-0.25, -0.2) is 0 Å². The molecule has 0 bridgehead atoms. The van der Waals surface area contributed by atoms with Crippen LogP contribution in [0.4, 0.5) is 11.5 Å². The van der Waals surface area contributed by atoms with Crippen LogP contribution in [0.3, 0.4) is 0 Å². The molecule has 126 valence electrons. The van der Waals surface area contributed by atoms with Crippen molar-refractivity contribution in [3.8, 4) is 17.4 Å². The SMILES string of the molecule is CN=Cc1c(N)nc2c(c1N)CC(COc1ccc(OC)cc1)O2. The number of fused-ring (bicyclic) bond motifs is 1. The van der Waals surface area contributed by atoms with Crippen molar-refractivity contribution in [2.45, 2.75) is 12.5 Å². The van der Waals surface area contributed by atoms with Crippen LogP contribution in [-0.4, -0.2) is 38.1 Å². The zero-order valence-corrected chi connectivity index (χ0v) is 13.7. The second kappa shape index (κ2) is 6.66. The number of aromatic nitrogens is 1. The number of rotatable bonds is 5. The number of anilines is 2. The normalized spacial score (nSPS) is 16.0. The van der Waals surface area contributed by atoms with Crippen LogP contribution in [0.5, 0.6) is 17.4 Å². The van der Waals surface area contributed by atoms with Gasteiger partial charge in [0.2, 0.25) is 5.88 Å². The van der Waals surface area contributed by atoms with E-state index in [1.807, 2.05) is 24.3 Å². The van der Waals surface area contributed by atoms with Gasteiger partial charge in [0.25, 0.3) is 0 Å². The van der Waals surface area contributed by atoms with Crippen LogP contribution in [0.25, 0.3) is 0 Å². The van der Waals surface area contributed by atoms with Gasteiger partial charge >= 0.3 is 0 Å². The fourth-order valence-corrected chi connectivity index (χ4v) is 2.59. The summed E-state index contributed by atoms with van der Waals surface area (Å²) in [7, 11) is 3.29. The number of aliphatic imine (C=N–C) groups is 1. The van der Waals surface area contributed by atoms with Gasteiger partial charge in [-0.2, -0.15) is 4.98 Å². The molecule has 0 radical (unpaired) electrons. The maximum atomic E-state index is 6.18. The molecule has 24 heavy (non-hydrogen) atoms. The minimum absolute atomic E-state index is 0.162. The number of hydrogen-bond donors (Lipinski definition) is 2. The fraction of sp³-hybridized carbons (Fsp3) is 0.294. The molecule has 1 aromatic heterocycles. The summed E-state index contributed by atoms with van der Waals surface area (Å²) in [5, 5.41) is 0. The Morgan fingerprint density at radius 3 is 2.67 bits per heavy atom. The topological polar surface area (TPSA) is 105 Å². The van der Waals surface area contributed by atoms with Crippen LogP contribution in [0.1, 0.15) is 11.1 Å². The largest absolute Gasteiger partial charge is 0.497 e. The number of nitrogens with two attached hydrogens (primary N) is 2. The zero-order valence-electron chi connectivity index (χ0n) is 13.7. The van der Waals surface area contributed by atoms with Gasteiger partial charge in [-0.1, -0.05) is 0 Å². The lowest BCUT2D eigenvalue weighted by atomic mass is 10.1. The molecule has 7 nitrogen and oxygen atoms in total. The van der Waals surface area contributed by atoms with E-state index in [2.05, 4.69) is 9.98 Å². The summed E-state index contributed by atoms with van der Waals surface area (Å²) < 4.78 is 16.7. The first-order valence-corrected chi connectivity index (χ1v) is 7.56. The van der Waals surface area contributed by atoms with Gasteiger partial charge < -0.3 is 25.7 Å². The highest BCUT2D eigenvalue weighted by Gasteiger charge is 2.29. The Bertz CT molecular complexity index is 759. The summed E-state index contributed by atoms with van der Waals surface area (Å²) >= 11 is 0. The molecule has 0 aliphatic carbocycles. The molecule has 1 aliphatic heterocycles. The van der Waals surface area contributed by atoms with Gasteiger partial charge in [0.1, 0.15) is 30.0 Å². The summed E-state index contributed by atoms with van der Waals surface area (Å²) in [5.74, 6) is 2.31. The van der Waals surface area contributed by atoms with E-state index in [0.717, 1.165) is 17.1 Å². The van der Waals surface area contributed by atoms with Crippen molar-refractivity contribution in [2.75, 3.05) is 32.2 Å². The molecule has 0 saturated heterocycles. The van der Waals surface area contributed by atoms with Crippen molar-refractivity contribution in [1.29, 1.82) is 0 Å². The summed E-state index contributed by atoms with van der Waals surface area (Å²) in [4.78, 5) is 8.23. The van der Waals surface area contributed by atoms with Crippen LogP contribution in [-0.2, 0) is 6.42 Å². The molecule has 1 atom stereocenters. The number of nitrogens with zero attached hydrogens (tertiary/aromatic N) is 2. The maximum absolute atomic E-state index is 6.18.